The van der Waals surface area contributed by atoms with Gasteiger partial charge in [0.1, 0.15) is 6.61 Å². The van der Waals surface area contributed by atoms with Crippen molar-refractivity contribution in [3.05, 3.63) is 23.8 Å². The Balaban J connectivity index is 2.07. The summed E-state index contributed by atoms with van der Waals surface area (Å²) in [5, 5.41) is 5.10. The van der Waals surface area contributed by atoms with Gasteiger partial charge in [-0.25, -0.2) is 13.6 Å². The molecule has 0 unspecified atom stereocenters. The maximum absolute atomic E-state index is 12.1. The number of sulfonamides is 1. The third kappa shape index (κ3) is 3.79. The second-order valence-corrected chi connectivity index (χ2v) is 6.24. The summed E-state index contributed by atoms with van der Waals surface area (Å²) in [4.78, 5) is 13.7. The van der Waals surface area contributed by atoms with Crippen molar-refractivity contribution in [2.45, 2.75) is 11.3 Å². The molecule has 1 heterocycles. The topological polar surface area (TPSA) is 98.9 Å². The van der Waals surface area contributed by atoms with Crippen LogP contribution in [0, 0.1) is 0 Å². The van der Waals surface area contributed by atoms with E-state index in [-0.39, 0.29) is 17.4 Å². The summed E-state index contributed by atoms with van der Waals surface area (Å²) in [5.74, 6) is -0.159. The van der Waals surface area contributed by atoms with Gasteiger partial charge in [-0.2, -0.15) is 0 Å². The maximum Gasteiger partial charge on any atom is 0.252 e. The second-order valence-electron chi connectivity index (χ2n) is 4.68. The number of nitrogens with zero attached hydrogens (tertiary/aromatic N) is 1. The molecule has 1 aliphatic rings. The molecular formula is C13H18N2O5S. The predicted molar refractivity (Wildman–Crippen MR) is 76.6 cm³/mol. The molecule has 1 aliphatic heterocycles. The van der Waals surface area contributed by atoms with Crippen molar-refractivity contribution in [1.82, 2.24) is 0 Å². The van der Waals surface area contributed by atoms with Crippen molar-refractivity contribution in [3.8, 4) is 0 Å². The molecule has 0 aliphatic carbocycles. The maximum atomic E-state index is 12.1. The monoisotopic (exact) mass is 314 g/mol. The summed E-state index contributed by atoms with van der Waals surface area (Å²) in [7, 11) is -2.16. The zero-order valence-electron chi connectivity index (χ0n) is 11.7. The molecule has 2 N–H and O–H groups in total. The molecule has 0 radical (unpaired) electrons. The van der Waals surface area contributed by atoms with Crippen LogP contribution in [0.1, 0.15) is 5.56 Å². The van der Waals surface area contributed by atoms with Crippen LogP contribution in [0.3, 0.4) is 0 Å². The van der Waals surface area contributed by atoms with E-state index in [0.29, 0.717) is 31.9 Å². The molecule has 0 bridgehead atoms. The van der Waals surface area contributed by atoms with Gasteiger partial charge < -0.3 is 14.4 Å². The Hall–Kier alpha value is -1.48. The van der Waals surface area contributed by atoms with Gasteiger partial charge in [0.15, 0.2) is 0 Å². The van der Waals surface area contributed by atoms with E-state index in [1.807, 2.05) is 0 Å². The summed E-state index contributed by atoms with van der Waals surface area (Å²) in [6.07, 6.45) is 0.600. The number of rotatable bonds is 6. The quantitative estimate of drug-likeness (QED) is 0.738. The minimum absolute atomic E-state index is 0.0280. The van der Waals surface area contributed by atoms with Gasteiger partial charge in [-0.3, -0.25) is 4.79 Å². The predicted octanol–water partition coefficient (Wildman–Crippen LogP) is -0.114. The van der Waals surface area contributed by atoms with Crippen LogP contribution < -0.4 is 10.0 Å². The molecular weight excluding hydrogens is 296 g/mol. The van der Waals surface area contributed by atoms with E-state index in [2.05, 4.69) is 0 Å². The lowest BCUT2D eigenvalue weighted by Gasteiger charge is -2.17. The van der Waals surface area contributed by atoms with Gasteiger partial charge in [-0.1, -0.05) is 0 Å². The van der Waals surface area contributed by atoms with E-state index >= 15 is 0 Å². The number of nitrogens with two attached hydrogens (primary N) is 1. The van der Waals surface area contributed by atoms with Crippen LogP contribution in [0.4, 0.5) is 5.69 Å². The van der Waals surface area contributed by atoms with E-state index in [9.17, 15) is 13.2 Å². The number of primary sulfonamides is 1. The Morgan fingerprint density at radius 3 is 2.81 bits per heavy atom. The number of amides is 1. The van der Waals surface area contributed by atoms with Crippen molar-refractivity contribution >= 4 is 21.6 Å². The van der Waals surface area contributed by atoms with E-state index < -0.39 is 10.0 Å². The number of benzene rings is 1. The molecule has 7 nitrogen and oxygen atoms in total. The third-order valence-electron chi connectivity index (χ3n) is 3.23. The van der Waals surface area contributed by atoms with Gasteiger partial charge >= 0.3 is 0 Å². The van der Waals surface area contributed by atoms with Gasteiger partial charge in [0.05, 0.1) is 18.1 Å². The Bertz CT molecular complexity index is 629. The van der Waals surface area contributed by atoms with Crippen LogP contribution in [0.25, 0.3) is 0 Å². The van der Waals surface area contributed by atoms with Crippen molar-refractivity contribution in [1.29, 1.82) is 0 Å². The number of anilines is 1. The fourth-order valence-corrected chi connectivity index (χ4v) is 2.76. The van der Waals surface area contributed by atoms with E-state index in [1.165, 1.54) is 12.1 Å². The lowest BCUT2D eigenvalue weighted by Crippen LogP contribution is -2.32. The van der Waals surface area contributed by atoms with Crippen LogP contribution >= 0.6 is 0 Å². The number of methoxy groups -OCH3 is 1. The summed E-state index contributed by atoms with van der Waals surface area (Å²) < 4.78 is 32.7. The first-order valence-electron chi connectivity index (χ1n) is 6.46. The summed E-state index contributed by atoms with van der Waals surface area (Å²) in [5.41, 5.74) is 1.51. The molecule has 0 saturated heterocycles. The highest BCUT2D eigenvalue weighted by Crippen LogP contribution is 2.29. The molecule has 116 valence electrons. The van der Waals surface area contributed by atoms with Crippen LogP contribution in [-0.4, -0.2) is 47.8 Å². The van der Waals surface area contributed by atoms with Gasteiger partial charge in [0.25, 0.3) is 5.91 Å². The summed E-state index contributed by atoms with van der Waals surface area (Å²) in [6.45, 7) is 1.27. The number of carbonyl (C=O) groups is 1. The van der Waals surface area contributed by atoms with Crippen molar-refractivity contribution in [2.24, 2.45) is 5.14 Å². The van der Waals surface area contributed by atoms with Gasteiger partial charge in [-0.05, 0) is 30.2 Å². The van der Waals surface area contributed by atoms with Crippen LogP contribution in [0.5, 0.6) is 0 Å². The molecule has 0 aromatic heterocycles. The molecule has 0 spiro atoms. The molecule has 1 amide bonds. The lowest BCUT2D eigenvalue weighted by atomic mass is 10.2. The summed E-state index contributed by atoms with van der Waals surface area (Å²) in [6, 6.07) is 4.53. The SMILES string of the molecule is COCCOCC(=O)N1CCc2cc(S(N)(=O)=O)ccc21. The Labute approximate surface area is 123 Å². The number of fused-ring (bicyclic) bond motifs is 1. The minimum Gasteiger partial charge on any atom is -0.382 e. The molecule has 1 aromatic carbocycles. The summed E-state index contributed by atoms with van der Waals surface area (Å²) >= 11 is 0. The Kier molecular flexibility index (Phi) is 4.94. The smallest absolute Gasteiger partial charge is 0.252 e. The number of hydrogen-bond donors (Lipinski definition) is 1. The molecule has 8 heteroatoms. The highest BCUT2D eigenvalue weighted by atomic mass is 32.2. The van der Waals surface area contributed by atoms with Crippen LogP contribution in [0.15, 0.2) is 23.1 Å². The van der Waals surface area contributed by atoms with Crippen molar-refractivity contribution < 1.29 is 22.7 Å². The van der Waals surface area contributed by atoms with Crippen molar-refractivity contribution in [2.75, 3.05) is 38.4 Å². The van der Waals surface area contributed by atoms with E-state index in [4.69, 9.17) is 14.6 Å². The van der Waals surface area contributed by atoms with Gasteiger partial charge in [0, 0.05) is 19.3 Å². The van der Waals surface area contributed by atoms with Crippen molar-refractivity contribution in [3.63, 3.8) is 0 Å². The van der Waals surface area contributed by atoms with Gasteiger partial charge in [0.2, 0.25) is 10.0 Å². The first-order valence-corrected chi connectivity index (χ1v) is 8.01. The number of ether oxygens (including phenoxy) is 2. The fraction of sp³-hybridized carbons (Fsp3) is 0.462. The first kappa shape index (κ1) is 15.9. The molecule has 0 fully saturated rings. The molecule has 2 rings (SSSR count). The molecule has 0 atom stereocenters. The van der Waals surface area contributed by atoms with Crippen LogP contribution in [-0.2, 0) is 30.7 Å². The molecule has 0 saturated carbocycles. The lowest BCUT2D eigenvalue weighted by molar-refractivity contribution is -0.123. The normalized spacial score (nSPS) is 14.3. The van der Waals surface area contributed by atoms with E-state index in [0.717, 1.165) is 5.56 Å². The largest absolute Gasteiger partial charge is 0.382 e. The molecule has 1 aromatic rings. The highest BCUT2D eigenvalue weighted by molar-refractivity contribution is 7.89. The average molecular weight is 314 g/mol. The van der Waals surface area contributed by atoms with E-state index in [1.54, 1.807) is 18.1 Å². The van der Waals surface area contributed by atoms with Crippen LogP contribution in [0.2, 0.25) is 0 Å². The Morgan fingerprint density at radius 1 is 1.38 bits per heavy atom. The average Bonchev–Trinajstić information content (AvgIpc) is 2.85. The second kappa shape index (κ2) is 6.52. The fourth-order valence-electron chi connectivity index (χ4n) is 2.19. The number of carbonyl (C=O) groups excluding carboxylic acids is 1. The third-order valence-corrected chi connectivity index (χ3v) is 4.14. The number of hydrogen-bond acceptors (Lipinski definition) is 5. The zero-order valence-corrected chi connectivity index (χ0v) is 12.6. The standard InChI is InChI=1S/C13H18N2O5S/c1-19-6-7-20-9-13(16)15-5-4-10-8-11(21(14,17)18)2-3-12(10)15/h2-3,8H,4-7,9H2,1H3,(H2,14,17,18). The highest BCUT2D eigenvalue weighted by Gasteiger charge is 2.25. The van der Waals surface area contributed by atoms with Gasteiger partial charge in [-0.15, -0.1) is 0 Å². The Morgan fingerprint density at radius 2 is 2.14 bits per heavy atom. The first-order chi connectivity index (χ1) is 9.93. The minimum atomic E-state index is -3.72. The molecule has 21 heavy (non-hydrogen) atoms. The zero-order chi connectivity index (χ0) is 15.5.